The second-order valence-corrected chi connectivity index (χ2v) is 6.52. The zero-order valence-electron chi connectivity index (χ0n) is 12.6. The van der Waals surface area contributed by atoms with Gasteiger partial charge in [-0.3, -0.25) is 4.79 Å². The van der Waals surface area contributed by atoms with E-state index in [0.717, 1.165) is 25.7 Å². The Morgan fingerprint density at radius 2 is 1.90 bits per heavy atom. The molecular weight excluding hydrogens is 248 g/mol. The first-order valence-electron chi connectivity index (χ1n) is 7.59. The highest BCUT2D eigenvalue weighted by Gasteiger charge is 2.29. The number of nitrogens with two attached hydrogens (primary N) is 1. The van der Waals surface area contributed by atoms with E-state index in [1.54, 1.807) is 0 Å². The van der Waals surface area contributed by atoms with Crippen LogP contribution in [0.15, 0.2) is 30.3 Å². The summed E-state index contributed by atoms with van der Waals surface area (Å²) in [6, 6.07) is 10.3. The minimum Gasteiger partial charge on any atom is -0.355 e. The van der Waals surface area contributed by atoms with Crippen molar-refractivity contribution < 1.29 is 4.79 Å². The van der Waals surface area contributed by atoms with Crippen LogP contribution in [0.3, 0.4) is 0 Å². The molecule has 1 aromatic carbocycles. The molecule has 3 nitrogen and oxygen atoms in total. The molecule has 1 aliphatic carbocycles. The van der Waals surface area contributed by atoms with Gasteiger partial charge < -0.3 is 11.1 Å². The fraction of sp³-hybridized carbons (Fsp3) is 0.588. The Morgan fingerprint density at radius 1 is 1.25 bits per heavy atom. The van der Waals surface area contributed by atoms with Gasteiger partial charge in [0.1, 0.15) is 0 Å². The van der Waals surface area contributed by atoms with Crippen LogP contribution in [0.1, 0.15) is 45.1 Å². The molecule has 2 atom stereocenters. The number of rotatable bonds is 4. The normalized spacial score (nSPS) is 23.4. The molecule has 0 saturated heterocycles. The minimum absolute atomic E-state index is 0.00433. The van der Waals surface area contributed by atoms with Crippen LogP contribution in [-0.4, -0.2) is 18.5 Å². The van der Waals surface area contributed by atoms with Crippen molar-refractivity contribution in [2.24, 2.45) is 11.7 Å². The summed E-state index contributed by atoms with van der Waals surface area (Å²) in [6.45, 7) is 4.96. The topological polar surface area (TPSA) is 55.1 Å². The predicted molar refractivity (Wildman–Crippen MR) is 82.4 cm³/mol. The molecule has 1 aromatic rings. The summed E-state index contributed by atoms with van der Waals surface area (Å²) in [4.78, 5) is 12.3. The Balaban J connectivity index is 1.92. The van der Waals surface area contributed by atoms with Crippen LogP contribution in [0.4, 0.5) is 0 Å². The first-order chi connectivity index (χ1) is 9.50. The van der Waals surface area contributed by atoms with Crippen molar-refractivity contribution >= 4 is 5.91 Å². The molecule has 0 spiro atoms. The van der Waals surface area contributed by atoms with Crippen LogP contribution in [0, 0.1) is 5.92 Å². The molecule has 1 saturated carbocycles. The van der Waals surface area contributed by atoms with Crippen LogP contribution in [0.25, 0.3) is 0 Å². The monoisotopic (exact) mass is 274 g/mol. The zero-order chi connectivity index (χ0) is 14.6. The van der Waals surface area contributed by atoms with Gasteiger partial charge in [-0.2, -0.15) is 0 Å². The van der Waals surface area contributed by atoms with Crippen molar-refractivity contribution in [2.45, 2.75) is 51.0 Å². The average Bonchev–Trinajstić information content (AvgIpc) is 2.46. The van der Waals surface area contributed by atoms with Crippen LogP contribution in [0.5, 0.6) is 0 Å². The molecule has 1 amide bonds. The number of hydrogen-bond acceptors (Lipinski definition) is 2. The van der Waals surface area contributed by atoms with Crippen molar-refractivity contribution in [3.05, 3.63) is 35.9 Å². The quantitative estimate of drug-likeness (QED) is 0.886. The Hall–Kier alpha value is -1.35. The van der Waals surface area contributed by atoms with E-state index in [1.165, 1.54) is 5.56 Å². The number of carbonyl (C=O) groups excluding carboxylic acids is 1. The number of benzene rings is 1. The van der Waals surface area contributed by atoms with E-state index in [-0.39, 0.29) is 23.3 Å². The number of amides is 1. The third-order valence-corrected chi connectivity index (χ3v) is 4.42. The van der Waals surface area contributed by atoms with Crippen molar-refractivity contribution in [3.63, 3.8) is 0 Å². The molecule has 110 valence electrons. The molecule has 0 aromatic heterocycles. The van der Waals surface area contributed by atoms with Crippen LogP contribution in [0.2, 0.25) is 0 Å². The van der Waals surface area contributed by atoms with Gasteiger partial charge in [-0.1, -0.05) is 57.0 Å². The third-order valence-electron chi connectivity index (χ3n) is 4.42. The molecule has 0 heterocycles. The maximum Gasteiger partial charge on any atom is 0.224 e. The maximum absolute atomic E-state index is 12.3. The first kappa shape index (κ1) is 15.0. The predicted octanol–water partition coefficient (Wildman–Crippen LogP) is 2.60. The van der Waals surface area contributed by atoms with E-state index in [4.69, 9.17) is 5.73 Å². The summed E-state index contributed by atoms with van der Waals surface area (Å²) >= 11 is 0. The molecule has 1 aliphatic rings. The zero-order valence-corrected chi connectivity index (χ0v) is 12.6. The lowest BCUT2D eigenvalue weighted by molar-refractivity contribution is -0.126. The molecule has 3 N–H and O–H groups in total. The average molecular weight is 274 g/mol. The highest BCUT2D eigenvalue weighted by molar-refractivity contribution is 5.79. The van der Waals surface area contributed by atoms with Crippen molar-refractivity contribution in [3.8, 4) is 0 Å². The largest absolute Gasteiger partial charge is 0.355 e. The first-order valence-corrected chi connectivity index (χ1v) is 7.59. The van der Waals surface area contributed by atoms with Crippen molar-refractivity contribution in [1.82, 2.24) is 5.32 Å². The fourth-order valence-corrected chi connectivity index (χ4v) is 2.92. The highest BCUT2D eigenvalue weighted by Crippen LogP contribution is 2.25. The Bertz CT molecular complexity index is 442. The molecule has 2 rings (SSSR count). The second kappa shape index (κ2) is 6.40. The van der Waals surface area contributed by atoms with E-state index < -0.39 is 0 Å². The van der Waals surface area contributed by atoms with Gasteiger partial charge >= 0.3 is 0 Å². The van der Waals surface area contributed by atoms with Crippen LogP contribution >= 0.6 is 0 Å². The van der Waals surface area contributed by atoms with Crippen molar-refractivity contribution in [2.75, 3.05) is 6.54 Å². The van der Waals surface area contributed by atoms with Gasteiger partial charge in [-0.05, 0) is 18.4 Å². The Kier molecular flexibility index (Phi) is 4.81. The van der Waals surface area contributed by atoms with Gasteiger partial charge in [0.15, 0.2) is 0 Å². The lowest BCUT2D eigenvalue weighted by Crippen LogP contribution is -2.46. The molecule has 20 heavy (non-hydrogen) atoms. The summed E-state index contributed by atoms with van der Waals surface area (Å²) in [5, 5.41) is 3.10. The molecule has 3 heteroatoms. The molecule has 1 fully saturated rings. The third kappa shape index (κ3) is 3.60. The smallest absolute Gasteiger partial charge is 0.224 e. The standard InChI is InChI=1S/C17H26N2O/c1-17(2,13-8-4-3-5-9-13)12-19-16(20)14-10-6-7-11-15(14)18/h3-5,8-9,14-15H,6-7,10-12,18H2,1-2H3,(H,19,20). The van der Waals surface area contributed by atoms with E-state index in [1.807, 2.05) is 18.2 Å². The second-order valence-electron chi connectivity index (χ2n) is 6.52. The minimum atomic E-state index is -0.0598. The summed E-state index contributed by atoms with van der Waals surface area (Å²) in [7, 11) is 0. The highest BCUT2D eigenvalue weighted by atomic mass is 16.1. The Morgan fingerprint density at radius 3 is 2.55 bits per heavy atom. The van der Waals surface area contributed by atoms with Gasteiger partial charge in [-0.15, -0.1) is 0 Å². The van der Waals surface area contributed by atoms with E-state index in [9.17, 15) is 4.79 Å². The molecule has 0 radical (unpaired) electrons. The number of carbonyl (C=O) groups is 1. The van der Waals surface area contributed by atoms with Gasteiger partial charge in [0.05, 0.1) is 5.92 Å². The molecular formula is C17H26N2O. The Labute approximate surface area is 121 Å². The van der Waals surface area contributed by atoms with Gasteiger partial charge in [-0.25, -0.2) is 0 Å². The molecule has 0 bridgehead atoms. The maximum atomic E-state index is 12.3. The van der Waals surface area contributed by atoms with E-state index >= 15 is 0 Å². The van der Waals surface area contributed by atoms with Crippen LogP contribution in [-0.2, 0) is 10.2 Å². The van der Waals surface area contributed by atoms with E-state index in [0.29, 0.717) is 6.54 Å². The summed E-state index contributed by atoms with van der Waals surface area (Å²) in [6.07, 6.45) is 4.17. The van der Waals surface area contributed by atoms with E-state index in [2.05, 4.69) is 31.3 Å². The summed E-state index contributed by atoms with van der Waals surface area (Å²) in [5.74, 6) is 0.122. The lowest BCUT2D eigenvalue weighted by Gasteiger charge is -2.30. The SMILES string of the molecule is CC(C)(CNC(=O)C1CCCCC1N)c1ccccc1. The van der Waals surface area contributed by atoms with Gasteiger partial charge in [0, 0.05) is 18.0 Å². The number of nitrogens with one attached hydrogen (secondary N) is 1. The number of hydrogen-bond donors (Lipinski definition) is 2. The summed E-state index contributed by atoms with van der Waals surface area (Å²) in [5.41, 5.74) is 7.25. The van der Waals surface area contributed by atoms with Crippen molar-refractivity contribution in [1.29, 1.82) is 0 Å². The molecule has 0 aliphatic heterocycles. The van der Waals surface area contributed by atoms with Gasteiger partial charge in [0.25, 0.3) is 0 Å². The molecule has 2 unspecified atom stereocenters. The lowest BCUT2D eigenvalue weighted by atomic mass is 9.82. The van der Waals surface area contributed by atoms with Gasteiger partial charge in [0.2, 0.25) is 5.91 Å². The van der Waals surface area contributed by atoms with Crippen LogP contribution < -0.4 is 11.1 Å². The summed E-state index contributed by atoms with van der Waals surface area (Å²) < 4.78 is 0. The fourth-order valence-electron chi connectivity index (χ4n) is 2.92.